The molecule has 1 aliphatic heterocycles. The van der Waals surface area contributed by atoms with E-state index >= 15 is 0 Å². The van der Waals surface area contributed by atoms with Gasteiger partial charge in [0.15, 0.2) is 0 Å². The van der Waals surface area contributed by atoms with Gasteiger partial charge < -0.3 is 14.8 Å². The number of ether oxygens (including phenoxy) is 1. The summed E-state index contributed by atoms with van der Waals surface area (Å²) in [5.41, 5.74) is 4.79. The second kappa shape index (κ2) is 8.80. The van der Waals surface area contributed by atoms with Gasteiger partial charge in [-0.15, -0.1) is 0 Å². The Balaban J connectivity index is 1.73. The smallest absolute Gasteiger partial charge is 0.300 e. The molecule has 1 saturated heterocycles. The molecule has 0 radical (unpaired) electrons. The van der Waals surface area contributed by atoms with Gasteiger partial charge in [-0.1, -0.05) is 30.3 Å². The monoisotopic (exact) mass is 466 g/mol. The van der Waals surface area contributed by atoms with Crippen molar-refractivity contribution in [1.82, 2.24) is 4.98 Å². The summed E-state index contributed by atoms with van der Waals surface area (Å²) in [7, 11) is 0. The van der Waals surface area contributed by atoms with Gasteiger partial charge in [0.2, 0.25) is 0 Å². The van der Waals surface area contributed by atoms with Gasteiger partial charge in [0, 0.05) is 33.9 Å². The number of hydrogen-bond donors (Lipinski definition) is 2. The van der Waals surface area contributed by atoms with Crippen LogP contribution in [0.2, 0.25) is 0 Å². The lowest BCUT2D eigenvalue weighted by Crippen LogP contribution is -2.29. The van der Waals surface area contributed by atoms with Crippen LogP contribution in [0.4, 0.5) is 5.69 Å². The van der Waals surface area contributed by atoms with Crippen molar-refractivity contribution in [3.63, 3.8) is 0 Å². The van der Waals surface area contributed by atoms with Gasteiger partial charge in [-0.25, -0.2) is 0 Å². The van der Waals surface area contributed by atoms with Crippen LogP contribution in [0.25, 0.3) is 16.7 Å². The predicted molar refractivity (Wildman–Crippen MR) is 137 cm³/mol. The van der Waals surface area contributed by atoms with Crippen LogP contribution in [0.15, 0.2) is 78.5 Å². The summed E-state index contributed by atoms with van der Waals surface area (Å²) in [6.45, 7) is 6.35. The van der Waals surface area contributed by atoms with Crippen LogP contribution in [-0.4, -0.2) is 28.4 Å². The van der Waals surface area contributed by atoms with Crippen LogP contribution in [-0.2, 0) is 9.59 Å². The Hall–Kier alpha value is -4.32. The predicted octanol–water partition coefficient (Wildman–Crippen LogP) is 5.81. The van der Waals surface area contributed by atoms with Gasteiger partial charge in [-0.05, 0) is 68.3 Å². The molecule has 2 heterocycles. The molecular weight excluding hydrogens is 440 g/mol. The number of aliphatic hydroxyl groups is 1. The highest BCUT2D eigenvalue weighted by atomic mass is 16.5. The maximum Gasteiger partial charge on any atom is 0.300 e. The van der Waals surface area contributed by atoms with Gasteiger partial charge in [0.25, 0.3) is 11.7 Å². The SMILES string of the molecule is CCOc1ccc(N2C(=O)C(=O)/C(=C(/O)c3ccc(C)c(C)c3)C2c2c[nH]c3ccccc23)cc1. The summed E-state index contributed by atoms with van der Waals surface area (Å²) in [5.74, 6) is -0.915. The highest BCUT2D eigenvalue weighted by Crippen LogP contribution is 2.44. The van der Waals surface area contributed by atoms with Gasteiger partial charge >= 0.3 is 0 Å². The van der Waals surface area contributed by atoms with E-state index < -0.39 is 17.7 Å². The Morgan fingerprint density at radius 1 is 1.00 bits per heavy atom. The molecule has 1 aromatic heterocycles. The minimum atomic E-state index is -0.800. The Labute approximate surface area is 203 Å². The zero-order valence-corrected chi connectivity index (χ0v) is 19.8. The third-order valence-electron chi connectivity index (χ3n) is 6.57. The number of aromatic amines is 1. The molecule has 6 heteroatoms. The van der Waals surface area contributed by atoms with E-state index in [4.69, 9.17) is 4.74 Å². The van der Waals surface area contributed by atoms with Crippen molar-refractivity contribution in [3.8, 4) is 5.75 Å². The van der Waals surface area contributed by atoms with Crippen molar-refractivity contribution in [1.29, 1.82) is 0 Å². The summed E-state index contributed by atoms with van der Waals surface area (Å²) in [4.78, 5) is 31.5. The van der Waals surface area contributed by atoms with Crippen LogP contribution in [0, 0.1) is 13.8 Å². The van der Waals surface area contributed by atoms with E-state index in [0.717, 1.165) is 27.6 Å². The molecule has 5 rings (SSSR count). The molecule has 1 amide bonds. The summed E-state index contributed by atoms with van der Waals surface area (Å²) in [6.07, 6.45) is 1.80. The minimum absolute atomic E-state index is 0.0666. The zero-order chi connectivity index (χ0) is 24.7. The van der Waals surface area contributed by atoms with E-state index in [9.17, 15) is 14.7 Å². The van der Waals surface area contributed by atoms with Gasteiger partial charge in [0.1, 0.15) is 11.5 Å². The molecule has 0 saturated carbocycles. The normalized spacial score (nSPS) is 17.3. The summed E-state index contributed by atoms with van der Waals surface area (Å²) in [6, 6.07) is 19.5. The largest absolute Gasteiger partial charge is 0.507 e. The Morgan fingerprint density at radius 2 is 1.74 bits per heavy atom. The number of hydrogen-bond acceptors (Lipinski definition) is 4. The maximum absolute atomic E-state index is 13.4. The highest BCUT2D eigenvalue weighted by molar-refractivity contribution is 6.51. The molecule has 4 aromatic rings. The van der Waals surface area contributed by atoms with Crippen molar-refractivity contribution in [3.05, 3.63) is 101 Å². The van der Waals surface area contributed by atoms with Gasteiger partial charge in [0.05, 0.1) is 18.2 Å². The zero-order valence-electron chi connectivity index (χ0n) is 19.8. The number of carbonyl (C=O) groups is 2. The quantitative estimate of drug-likeness (QED) is 0.221. The van der Waals surface area contributed by atoms with E-state index in [1.165, 1.54) is 4.90 Å². The van der Waals surface area contributed by atoms with Crippen molar-refractivity contribution in [2.24, 2.45) is 0 Å². The number of fused-ring (bicyclic) bond motifs is 1. The lowest BCUT2D eigenvalue weighted by atomic mass is 9.94. The number of nitrogens with one attached hydrogen (secondary N) is 1. The molecule has 1 aliphatic rings. The van der Waals surface area contributed by atoms with Crippen LogP contribution in [0.3, 0.4) is 0 Å². The number of aryl methyl sites for hydroxylation is 2. The number of rotatable bonds is 5. The Bertz CT molecular complexity index is 1480. The van der Waals surface area contributed by atoms with E-state index in [1.54, 1.807) is 36.5 Å². The van der Waals surface area contributed by atoms with Crippen LogP contribution < -0.4 is 9.64 Å². The number of carbonyl (C=O) groups excluding carboxylic acids is 2. The summed E-state index contributed by atoms with van der Waals surface area (Å²) < 4.78 is 5.54. The summed E-state index contributed by atoms with van der Waals surface area (Å²) >= 11 is 0. The number of aromatic nitrogens is 1. The van der Waals surface area contributed by atoms with E-state index in [0.29, 0.717) is 23.6 Å². The van der Waals surface area contributed by atoms with Crippen LogP contribution >= 0.6 is 0 Å². The highest BCUT2D eigenvalue weighted by Gasteiger charge is 2.47. The molecule has 0 bridgehead atoms. The molecule has 1 fully saturated rings. The summed E-state index contributed by atoms with van der Waals surface area (Å²) in [5, 5.41) is 12.3. The lowest BCUT2D eigenvalue weighted by molar-refractivity contribution is -0.132. The first-order valence-corrected chi connectivity index (χ1v) is 11.6. The minimum Gasteiger partial charge on any atom is -0.507 e. The fourth-order valence-electron chi connectivity index (χ4n) is 4.63. The third-order valence-corrected chi connectivity index (χ3v) is 6.57. The number of H-pyrrole nitrogens is 1. The lowest BCUT2D eigenvalue weighted by Gasteiger charge is -2.25. The number of amides is 1. The first-order chi connectivity index (χ1) is 16.9. The average molecular weight is 467 g/mol. The van der Waals surface area contributed by atoms with Crippen molar-refractivity contribution < 1.29 is 19.4 Å². The molecule has 3 aromatic carbocycles. The van der Waals surface area contributed by atoms with E-state index in [2.05, 4.69) is 4.98 Å². The number of nitrogens with zero attached hydrogens (tertiary/aromatic N) is 1. The molecule has 0 spiro atoms. The molecule has 176 valence electrons. The van der Waals surface area contributed by atoms with Crippen molar-refractivity contribution in [2.45, 2.75) is 26.8 Å². The number of para-hydroxylation sites is 1. The molecule has 1 unspecified atom stereocenters. The molecular formula is C29H26N2O4. The fraction of sp³-hybridized carbons (Fsp3) is 0.172. The molecule has 1 atom stereocenters. The number of anilines is 1. The van der Waals surface area contributed by atoms with Crippen LogP contribution in [0.1, 0.15) is 35.2 Å². The Kier molecular flexibility index (Phi) is 5.65. The van der Waals surface area contributed by atoms with Gasteiger partial charge in [-0.3, -0.25) is 14.5 Å². The number of Topliss-reactive ketones (excluding diaryl/α,β-unsaturated/α-hetero) is 1. The third kappa shape index (κ3) is 3.77. The molecule has 6 nitrogen and oxygen atoms in total. The number of benzene rings is 3. The fourth-order valence-corrected chi connectivity index (χ4v) is 4.63. The molecule has 2 N–H and O–H groups in total. The number of ketones is 1. The topological polar surface area (TPSA) is 82.6 Å². The number of aliphatic hydroxyl groups excluding tert-OH is 1. The van der Waals surface area contributed by atoms with Crippen LogP contribution in [0.5, 0.6) is 5.75 Å². The first kappa shape index (κ1) is 22.5. The van der Waals surface area contributed by atoms with Gasteiger partial charge in [-0.2, -0.15) is 0 Å². The van der Waals surface area contributed by atoms with Crippen molar-refractivity contribution >= 4 is 34.0 Å². The molecule has 35 heavy (non-hydrogen) atoms. The Morgan fingerprint density at radius 3 is 2.46 bits per heavy atom. The maximum atomic E-state index is 13.4. The standard InChI is InChI=1S/C29H26N2O4/c1-4-35-21-13-11-20(12-14-21)31-26(23-16-30-24-8-6-5-7-22(23)24)25(28(33)29(31)34)27(32)19-10-9-17(2)18(3)15-19/h5-16,26,30,32H,4H2,1-3H3/b27-25+. The average Bonchev–Trinajstić information content (AvgIpc) is 3.40. The molecule has 0 aliphatic carbocycles. The second-order valence-corrected chi connectivity index (χ2v) is 8.68. The van der Waals surface area contributed by atoms with E-state index in [-0.39, 0.29) is 11.3 Å². The second-order valence-electron chi connectivity index (χ2n) is 8.68. The first-order valence-electron chi connectivity index (χ1n) is 11.6. The van der Waals surface area contributed by atoms with E-state index in [1.807, 2.05) is 57.2 Å². The van der Waals surface area contributed by atoms with Crippen molar-refractivity contribution in [2.75, 3.05) is 11.5 Å².